The molecule has 0 bridgehead atoms. The molecule has 0 aromatic heterocycles. The van der Waals surface area contributed by atoms with Crippen LogP contribution >= 0.6 is 0 Å². The number of carbonyl (C=O) groups excluding carboxylic acids is 3. The monoisotopic (exact) mass is 395 g/mol. The van der Waals surface area contributed by atoms with Crippen LogP contribution < -0.4 is 0 Å². The molecule has 1 aromatic carbocycles. The standard InChI is InChI=1S/C23H29N3O3/c1-17(27)26-15-10-18-6-2-3-7-20(18)21(26)16-22(28)24-13-8-19(9-14-24)23(29)25-11-4-5-12-25/h2-3,6-7,10,15,19,21H,4-5,8-9,11-14,16H2,1H3. The maximum atomic E-state index is 13.0. The minimum Gasteiger partial charge on any atom is -0.343 e. The van der Waals surface area contributed by atoms with Crippen molar-refractivity contribution in [2.24, 2.45) is 5.92 Å². The molecule has 1 atom stereocenters. The third kappa shape index (κ3) is 4.07. The summed E-state index contributed by atoms with van der Waals surface area (Å²) in [5.74, 6) is 0.301. The van der Waals surface area contributed by atoms with Crippen LogP contribution in [0.4, 0.5) is 0 Å². The molecular weight excluding hydrogens is 366 g/mol. The second-order valence-corrected chi connectivity index (χ2v) is 8.28. The highest BCUT2D eigenvalue weighted by atomic mass is 16.2. The average molecular weight is 396 g/mol. The highest BCUT2D eigenvalue weighted by Gasteiger charge is 2.34. The first-order valence-electron chi connectivity index (χ1n) is 10.7. The van der Waals surface area contributed by atoms with E-state index < -0.39 is 0 Å². The van der Waals surface area contributed by atoms with Gasteiger partial charge in [-0.05, 0) is 42.9 Å². The Labute approximate surface area is 172 Å². The summed E-state index contributed by atoms with van der Waals surface area (Å²) in [5.41, 5.74) is 2.07. The Morgan fingerprint density at radius 1 is 0.966 bits per heavy atom. The molecule has 2 fully saturated rings. The highest BCUT2D eigenvalue weighted by molar-refractivity contribution is 5.83. The van der Waals surface area contributed by atoms with Gasteiger partial charge in [0.25, 0.3) is 0 Å². The Balaban J connectivity index is 1.39. The Kier molecular flexibility index (Phi) is 5.69. The van der Waals surface area contributed by atoms with Crippen molar-refractivity contribution in [1.29, 1.82) is 0 Å². The largest absolute Gasteiger partial charge is 0.343 e. The number of piperidine rings is 1. The van der Waals surface area contributed by atoms with E-state index in [4.69, 9.17) is 0 Å². The van der Waals surface area contributed by atoms with E-state index in [2.05, 4.69) is 0 Å². The Bertz CT molecular complexity index is 820. The van der Waals surface area contributed by atoms with Gasteiger partial charge >= 0.3 is 0 Å². The predicted molar refractivity (Wildman–Crippen MR) is 110 cm³/mol. The number of hydrogen-bond acceptors (Lipinski definition) is 3. The fraction of sp³-hybridized carbons (Fsp3) is 0.522. The van der Waals surface area contributed by atoms with Crippen molar-refractivity contribution in [2.45, 2.75) is 45.1 Å². The van der Waals surface area contributed by atoms with Crippen molar-refractivity contribution in [3.05, 3.63) is 41.6 Å². The summed E-state index contributed by atoms with van der Waals surface area (Å²) in [6.45, 7) is 4.53. The lowest BCUT2D eigenvalue weighted by molar-refractivity contribution is -0.141. The number of amides is 3. The first-order valence-corrected chi connectivity index (χ1v) is 10.7. The lowest BCUT2D eigenvalue weighted by Gasteiger charge is -2.36. The van der Waals surface area contributed by atoms with Crippen molar-refractivity contribution in [2.75, 3.05) is 26.2 Å². The lowest BCUT2D eigenvalue weighted by atomic mass is 9.92. The molecule has 154 valence electrons. The Morgan fingerprint density at radius 3 is 2.34 bits per heavy atom. The van der Waals surface area contributed by atoms with Crippen molar-refractivity contribution in [3.8, 4) is 0 Å². The summed E-state index contributed by atoms with van der Waals surface area (Å²) >= 11 is 0. The van der Waals surface area contributed by atoms with Crippen LogP contribution in [0.1, 0.15) is 56.2 Å². The van der Waals surface area contributed by atoms with Crippen LogP contribution in [0.5, 0.6) is 0 Å². The molecule has 6 heteroatoms. The predicted octanol–water partition coefficient (Wildman–Crippen LogP) is 2.81. The first-order chi connectivity index (χ1) is 14.0. The number of carbonyl (C=O) groups is 3. The number of fused-ring (bicyclic) bond motifs is 1. The number of nitrogens with zero attached hydrogens (tertiary/aromatic N) is 3. The zero-order chi connectivity index (χ0) is 20.4. The van der Waals surface area contributed by atoms with Crippen molar-refractivity contribution in [3.63, 3.8) is 0 Å². The molecule has 4 rings (SSSR count). The molecule has 29 heavy (non-hydrogen) atoms. The summed E-state index contributed by atoms with van der Waals surface area (Å²) in [4.78, 5) is 43.3. The summed E-state index contributed by atoms with van der Waals surface area (Å²) < 4.78 is 0. The summed E-state index contributed by atoms with van der Waals surface area (Å²) in [6, 6.07) is 7.64. The van der Waals surface area contributed by atoms with Gasteiger partial charge in [0, 0.05) is 45.2 Å². The second-order valence-electron chi connectivity index (χ2n) is 8.28. The molecule has 1 unspecified atom stereocenters. The first kappa shape index (κ1) is 19.7. The molecule has 3 amide bonds. The van der Waals surface area contributed by atoms with E-state index in [0.29, 0.717) is 13.1 Å². The molecule has 3 aliphatic heterocycles. The minimum atomic E-state index is -0.273. The Hall–Kier alpha value is -2.63. The van der Waals surface area contributed by atoms with E-state index in [-0.39, 0.29) is 36.1 Å². The number of benzene rings is 1. The molecule has 3 heterocycles. The van der Waals surface area contributed by atoms with Gasteiger partial charge < -0.3 is 14.7 Å². The summed E-state index contributed by atoms with van der Waals surface area (Å²) in [6.07, 6.45) is 7.65. The lowest BCUT2D eigenvalue weighted by Crippen LogP contribution is -2.45. The smallest absolute Gasteiger partial charge is 0.225 e. The van der Waals surface area contributed by atoms with Crippen molar-refractivity contribution >= 4 is 23.8 Å². The van der Waals surface area contributed by atoms with Crippen molar-refractivity contribution < 1.29 is 14.4 Å². The van der Waals surface area contributed by atoms with Crippen LogP contribution in [0.15, 0.2) is 30.5 Å². The molecule has 0 radical (unpaired) electrons. The van der Waals surface area contributed by atoms with E-state index in [9.17, 15) is 14.4 Å². The van der Waals surface area contributed by atoms with Gasteiger partial charge in [-0.15, -0.1) is 0 Å². The summed E-state index contributed by atoms with van der Waals surface area (Å²) in [7, 11) is 0. The van der Waals surface area contributed by atoms with E-state index in [1.807, 2.05) is 40.1 Å². The second kappa shape index (κ2) is 8.39. The van der Waals surface area contributed by atoms with Crippen molar-refractivity contribution in [1.82, 2.24) is 14.7 Å². The zero-order valence-corrected chi connectivity index (χ0v) is 17.0. The molecule has 0 N–H and O–H groups in total. The van der Waals surface area contributed by atoms with Gasteiger partial charge in [0.2, 0.25) is 17.7 Å². The zero-order valence-electron chi connectivity index (χ0n) is 17.0. The number of hydrogen-bond donors (Lipinski definition) is 0. The fourth-order valence-corrected chi connectivity index (χ4v) is 4.78. The fourth-order valence-electron chi connectivity index (χ4n) is 4.78. The van der Waals surface area contributed by atoms with Crippen LogP contribution in [0, 0.1) is 5.92 Å². The SMILES string of the molecule is CC(=O)N1C=Cc2ccccc2C1CC(=O)N1CCC(C(=O)N2CCCC2)CC1. The van der Waals surface area contributed by atoms with E-state index in [0.717, 1.165) is 49.9 Å². The van der Waals surface area contributed by atoms with Gasteiger partial charge in [-0.2, -0.15) is 0 Å². The average Bonchev–Trinajstić information content (AvgIpc) is 3.28. The quantitative estimate of drug-likeness (QED) is 0.791. The Morgan fingerprint density at radius 2 is 1.66 bits per heavy atom. The van der Waals surface area contributed by atoms with Gasteiger partial charge in [-0.25, -0.2) is 0 Å². The van der Waals surface area contributed by atoms with Gasteiger partial charge in [-0.1, -0.05) is 24.3 Å². The van der Waals surface area contributed by atoms with Crippen LogP contribution in [-0.4, -0.2) is 58.6 Å². The number of rotatable bonds is 3. The molecule has 0 spiro atoms. The van der Waals surface area contributed by atoms with E-state index >= 15 is 0 Å². The van der Waals surface area contributed by atoms with Crippen LogP contribution in [0.3, 0.4) is 0 Å². The maximum absolute atomic E-state index is 13.0. The topological polar surface area (TPSA) is 60.9 Å². The molecule has 0 aliphatic carbocycles. The summed E-state index contributed by atoms with van der Waals surface area (Å²) in [5, 5.41) is 0. The molecular formula is C23H29N3O3. The van der Waals surface area contributed by atoms with Crippen LogP contribution in [0.2, 0.25) is 0 Å². The van der Waals surface area contributed by atoms with E-state index in [1.54, 1.807) is 11.1 Å². The molecule has 2 saturated heterocycles. The van der Waals surface area contributed by atoms with E-state index in [1.165, 1.54) is 6.92 Å². The van der Waals surface area contributed by atoms with Gasteiger partial charge in [0.05, 0.1) is 12.5 Å². The maximum Gasteiger partial charge on any atom is 0.225 e. The van der Waals surface area contributed by atoms with Gasteiger partial charge in [0.1, 0.15) is 0 Å². The molecule has 3 aliphatic rings. The van der Waals surface area contributed by atoms with Gasteiger partial charge in [-0.3, -0.25) is 14.4 Å². The van der Waals surface area contributed by atoms with Crippen LogP contribution in [0.25, 0.3) is 6.08 Å². The third-order valence-electron chi connectivity index (χ3n) is 6.45. The molecule has 6 nitrogen and oxygen atoms in total. The minimum absolute atomic E-state index is 0.0456. The number of likely N-dealkylation sites (tertiary alicyclic amines) is 2. The molecule has 1 aromatic rings. The third-order valence-corrected chi connectivity index (χ3v) is 6.45. The normalized spacial score (nSPS) is 22.0. The van der Waals surface area contributed by atoms with Crippen LogP contribution in [-0.2, 0) is 14.4 Å². The molecule has 0 saturated carbocycles. The highest BCUT2D eigenvalue weighted by Crippen LogP contribution is 2.34. The van der Waals surface area contributed by atoms with Gasteiger partial charge in [0.15, 0.2) is 0 Å².